The monoisotopic (exact) mass is 300 g/mol. The first-order valence-corrected chi connectivity index (χ1v) is 6.41. The lowest BCUT2D eigenvalue weighted by Crippen LogP contribution is -1.98. The second-order valence-electron chi connectivity index (χ2n) is 4.08. The van der Waals surface area contributed by atoms with Gasteiger partial charge in [0.05, 0.1) is 10.7 Å². The molecule has 2 aromatic heterocycles. The van der Waals surface area contributed by atoms with E-state index in [0.717, 1.165) is 11.4 Å². The summed E-state index contributed by atoms with van der Waals surface area (Å²) in [6, 6.07) is 1.60. The molecule has 0 saturated heterocycles. The zero-order chi connectivity index (χ0) is 14.2. The van der Waals surface area contributed by atoms with Crippen LogP contribution >= 0.6 is 23.2 Å². The van der Waals surface area contributed by atoms with Gasteiger partial charge in [-0.25, -0.2) is 0 Å². The Morgan fingerprint density at radius 1 is 1.26 bits per heavy atom. The fraction of sp³-hybridized carbons (Fsp3) is 0.333. The van der Waals surface area contributed by atoms with Gasteiger partial charge in [-0.1, -0.05) is 23.2 Å². The molecule has 7 heteroatoms. The minimum Gasteiger partial charge on any atom is -0.434 e. The second-order valence-corrected chi connectivity index (χ2v) is 4.90. The molecule has 0 unspecified atom stereocenters. The smallest absolute Gasteiger partial charge is 0.240 e. The minimum absolute atomic E-state index is 0.301. The highest BCUT2D eigenvalue weighted by Crippen LogP contribution is 2.35. The summed E-state index contributed by atoms with van der Waals surface area (Å²) in [7, 11) is 3.58. The van der Waals surface area contributed by atoms with Gasteiger partial charge in [0.15, 0.2) is 5.75 Å². The van der Waals surface area contributed by atoms with Crippen molar-refractivity contribution in [2.75, 3.05) is 12.4 Å². The lowest BCUT2D eigenvalue weighted by Gasteiger charge is -2.10. The van der Waals surface area contributed by atoms with Crippen molar-refractivity contribution >= 4 is 29.0 Å². The van der Waals surface area contributed by atoms with E-state index in [-0.39, 0.29) is 0 Å². The number of nitrogens with zero attached hydrogens (tertiary/aromatic N) is 3. The fourth-order valence-corrected chi connectivity index (χ4v) is 2.19. The average Bonchev–Trinajstić information content (AvgIpc) is 2.59. The number of pyridine rings is 1. The highest BCUT2D eigenvalue weighted by Gasteiger charge is 2.16. The number of rotatable bonds is 3. The number of nitrogens with one attached hydrogen (secondary N) is 1. The summed E-state index contributed by atoms with van der Waals surface area (Å²) in [5, 5.41) is 7.95. The molecule has 2 heterocycles. The molecule has 0 aromatic carbocycles. The largest absolute Gasteiger partial charge is 0.434 e. The number of halogens is 2. The molecule has 0 atom stereocenters. The van der Waals surface area contributed by atoms with Crippen LogP contribution in [-0.2, 0) is 7.05 Å². The molecular weight excluding hydrogens is 287 g/mol. The molecule has 19 heavy (non-hydrogen) atoms. The number of aryl methyl sites for hydroxylation is 2. The molecule has 0 radical (unpaired) electrons. The van der Waals surface area contributed by atoms with E-state index in [4.69, 9.17) is 27.9 Å². The third-order valence-corrected chi connectivity index (χ3v) is 3.33. The van der Waals surface area contributed by atoms with Crippen molar-refractivity contribution in [3.63, 3.8) is 0 Å². The molecule has 102 valence electrons. The molecule has 1 N–H and O–H groups in total. The van der Waals surface area contributed by atoms with Crippen molar-refractivity contribution < 1.29 is 4.74 Å². The Morgan fingerprint density at radius 3 is 2.47 bits per heavy atom. The van der Waals surface area contributed by atoms with E-state index >= 15 is 0 Å². The molecular formula is C12H14Cl2N4O. The van der Waals surface area contributed by atoms with Gasteiger partial charge in [0.2, 0.25) is 5.88 Å². The number of hydrogen-bond acceptors (Lipinski definition) is 4. The van der Waals surface area contributed by atoms with Crippen molar-refractivity contribution in [3.8, 4) is 11.6 Å². The molecule has 2 rings (SSSR count). The van der Waals surface area contributed by atoms with Crippen LogP contribution in [0, 0.1) is 13.8 Å². The van der Waals surface area contributed by atoms with E-state index in [0.29, 0.717) is 27.5 Å². The molecule has 5 nitrogen and oxygen atoms in total. The maximum absolute atomic E-state index is 6.09. The molecule has 0 saturated carbocycles. The first-order chi connectivity index (χ1) is 8.93. The Bertz CT molecular complexity index is 625. The van der Waals surface area contributed by atoms with Crippen LogP contribution in [0.3, 0.4) is 0 Å². The zero-order valence-electron chi connectivity index (χ0n) is 11.1. The summed E-state index contributed by atoms with van der Waals surface area (Å²) in [6.45, 7) is 3.78. The Hall–Kier alpha value is -1.46. The molecule has 0 amide bonds. The zero-order valence-corrected chi connectivity index (χ0v) is 12.6. The maximum Gasteiger partial charge on any atom is 0.240 e. The van der Waals surface area contributed by atoms with Gasteiger partial charge in [-0.3, -0.25) is 4.68 Å². The van der Waals surface area contributed by atoms with Crippen LogP contribution in [0.1, 0.15) is 11.4 Å². The van der Waals surface area contributed by atoms with Gasteiger partial charge in [-0.05, 0) is 19.9 Å². The van der Waals surface area contributed by atoms with Crippen molar-refractivity contribution in [1.82, 2.24) is 14.8 Å². The van der Waals surface area contributed by atoms with Crippen molar-refractivity contribution in [1.29, 1.82) is 0 Å². The Balaban J connectivity index is 2.43. The normalized spacial score (nSPS) is 10.6. The number of hydrogen-bond donors (Lipinski definition) is 1. The lowest BCUT2D eigenvalue weighted by atomic mass is 10.3. The minimum atomic E-state index is 0.301. The molecule has 0 aliphatic carbocycles. The summed E-state index contributed by atoms with van der Waals surface area (Å²) in [4.78, 5) is 4.24. The Morgan fingerprint density at radius 2 is 1.95 bits per heavy atom. The Labute approximate surface area is 121 Å². The first-order valence-electron chi connectivity index (χ1n) is 5.66. The van der Waals surface area contributed by atoms with Crippen LogP contribution in [0.2, 0.25) is 10.0 Å². The summed E-state index contributed by atoms with van der Waals surface area (Å²) in [6.07, 6.45) is 0. The average molecular weight is 301 g/mol. The van der Waals surface area contributed by atoms with Crippen LogP contribution in [-0.4, -0.2) is 21.8 Å². The molecule has 0 fully saturated rings. The summed E-state index contributed by atoms with van der Waals surface area (Å²) < 4.78 is 7.51. The van der Waals surface area contributed by atoms with Gasteiger partial charge in [0, 0.05) is 14.1 Å². The van der Waals surface area contributed by atoms with Gasteiger partial charge in [0.1, 0.15) is 16.5 Å². The summed E-state index contributed by atoms with van der Waals surface area (Å²) in [5.41, 5.74) is 1.68. The quantitative estimate of drug-likeness (QED) is 0.941. The van der Waals surface area contributed by atoms with E-state index in [1.807, 2.05) is 20.9 Å². The highest BCUT2D eigenvalue weighted by molar-refractivity contribution is 6.36. The van der Waals surface area contributed by atoms with E-state index in [1.54, 1.807) is 17.8 Å². The van der Waals surface area contributed by atoms with Crippen molar-refractivity contribution in [2.45, 2.75) is 13.8 Å². The van der Waals surface area contributed by atoms with Crippen LogP contribution in [0.4, 0.5) is 5.82 Å². The molecule has 2 aromatic rings. The number of anilines is 1. The highest BCUT2D eigenvalue weighted by atomic mass is 35.5. The van der Waals surface area contributed by atoms with Crippen LogP contribution in [0.15, 0.2) is 6.07 Å². The third-order valence-electron chi connectivity index (χ3n) is 2.78. The Kier molecular flexibility index (Phi) is 3.87. The van der Waals surface area contributed by atoms with Gasteiger partial charge >= 0.3 is 0 Å². The fourth-order valence-electron chi connectivity index (χ4n) is 1.70. The van der Waals surface area contributed by atoms with E-state index in [9.17, 15) is 0 Å². The van der Waals surface area contributed by atoms with Gasteiger partial charge in [0.25, 0.3) is 0 Å². The number of ether oxygens (including phenoxy) is 1. The van der Waals surface area contributed by atoms with Crippen LogP contribution < -0.4 is 10.1 Å². The van der Waals surface area contributed by atoms with Crippen LogP contribution in [0.25, 0.3) is 0 Å². The molecule has 0 spiro atoms. The van der Waals surface area contributed by atoms with E-state index in [1.165, 1.54) is 0 Å². The predicted molar refractivity (Wildman–Crippen MR) is 76.6 cm³/mol. The maximum atomic E-state index is 6.09. The van der Waals surface area contributed by atoms with Crippen LogP contribution in [0.5, 0.6) is 11.6 Å². The van der Waals surface area contributed by atoms with Crippen molar-refractivity contribution in [3.05, 3.63) is 27.5 Å². The van der Waals surface area contributed by atoms with Gasteiger partial charge in [-0.2, -0.15) is 10.1 Å². The lowest BCUT2D eigenvalue weighted by molar-refractivity contribution is 0.456. The summed E-state index contributed by atoms with van der Waals surface area (Å²) >= 11 is 12.1. The second kappa shape index (κ2) is 5.27. The molecule has 0 bridgehead atoms. The molecule has 0 aliphatic heterocycles. The summed E-state index contributed by atoms with van der Waals surface area (Å²) in [5.74, 6) is 1.47. The van der Waals surface area contributed by atoms with E-state index in [2.05, 4.69) is 15.4 Å². The molecule has 0 aliphatic rings. The topological polar surface area (TPSA) is 52.0 Å². The SMILES string of the molecule is CNc1nc(Oc2c(C)nn(C)c2C)c(Cl)cc1Cl. The van der Waals surface area contributed by atoms with Gasteiger partial charge < -0.3 is 10.1 Å². The van der Waals surface area contributed by atoms with E-state index < -0.39 is 0 Å². The standard InChI is InChI=1S/C12H14Cl2N4O/c1-6-10(7(2)18(4)17-6)19-12-9(14)5-8(13)11(15-3)16-12/h5H,1-4H3,(H,15,16). The first kappa shape index (κ1) is 14.0. The number of aromatic nitrogens is 3. The van der Waals surface area contributed by atoms with Crippen molar-refractivity contribution in [2.24, 2.45) is 7.05 Å². The third kappa shape index (κ3) is 2.62. The van der Waals surface area contributed by atoms with Gasteiger partial charge in [-0.15, -0.1) is 0 Å². The predicted octanol–water partition coefficient (Wildman–Crippen LogP) is 3.57.